The molecule has 0 N–H and O–H groups in total. The second-order valence-corrected chi connectivity index (χ2v) is 3.57. The van der Waals surface area contributed by atoms with Gasteiger partial charge < -0.3 is 9.47 Å². The molecule has 0 aliphatic rings. The summed E-state index contributed by atoms with van der Waals surface area (Å²) in [7, 11) is 1.64. The lowest BCUT2D eigenvalue weighted by Gasteiger charge is -2.11. The number of methoxy groups -OCH3 is 1. The van der Waals surface area contributed by atoms with Crippen LogP contribution in [-0.2, 0) is 0 Å². The Bertz CT molecular complexity index is 297. The molecule has 0 aromatic heterocycles. The molecule has 0 aliphatic carbocycles. The van der Waals surface area contributed by atoms with Crippen LogP contribution in [0, 0.1) is 6.92 Å². The molecule has 72 valence electrons. The summed E-state index contributed by atoms with van der Waals surface area (Å²) in [4.78, 5) is 0. The van der Waals surface area contributed by atoms with Gasteiger partial charge in [0.15, 0.2) is 11.5 Å². The van der Waals surface area contributed by atoms with E-state index in [2.05, 4.69) is 15.9 Å². The predicted octanol–water partition coefficient (Wildman–Crippen LogP) is 3.16. The van der Waals surface area contributed by atoms with Gasteiger partial charge in [-0.25, -0.2) is 0 Å². The molecule has 0 radical (unpaired) electrons. The lowest BCUT2D eigenvalue weighted by molar-refractivity contribution is 0.309. The summed E-state index contributed by atoms with van der Waals surface area (Å²) in [6.07, 6.45) is 0. The van der Waals surface area contributed by atoms with Crippen LogP contribution in [0.3, 0.4) is 0 Å². The first-order valence-electron chi connectivity index (χ1n) is 4.16. The van der Waals surface area contributed by atoms with Crippen LogP contribution in [0.25, 0.3) is 0 Å². The van der Waals surface area contributed by atoms with E-state index in [4.69, 9.17) is 9.47 Å². The van der Waals surface area contributed by atoms with E-state index in [0.29, 0.717) is 6.61 Å². The quantitative estimate of drug-likeness (QED) is 0.814. The molecule has 3 heteroatoms. The Morgan fingerprint density at radius 1 is 1.38 bits per heavy atom. The number of hydrogen-bond acceptors (Lipinski definition) is 2. The van der Waals surface area contributed by atoms with Crippen LogP contribution in [0.1, 0.15) is 12.5 Å². The van der Waals surface area contributed by atoms with E-state index >= 15 is 0 Å². The van der Waals surface area contributed by atoms with Gasteiger partial charge in [0.25, 0.3) is 0 Å². The van der Waals surface area contributed by atoms with Crippen molar-refractivity contribution in [2.24, 2.45) is 0 Å². The fourth-order valence-electron chi connectivity index (χ4n) is 1.16. The summed E-state index contributed by atoms with van der Waals surface area (Å²) < 4.78 is 11.6. The summed E-state index contributed by atoms with van der Waals surface area (Å²) in [5.41, 5.74) is 1.15. The molecule has 0 unspecified atom stereocenters. The van der Waals surface area contributed by atoms with Crippen LogP contribution in [0.15, 0.2) is 16.6 Å². The van der Waals surface area contributed by atoms with Gasteiger partial charge in [-0.2, -0.15) is 0 Å². The zero-order valence-electron chi connectivity index (χ0n) is 8.06. The van der Waals surface area contributed by atoms with Crippen LogP contribution >= 0.6 is 15.9 Å². The summed E-state index contributed by atoms with van der Waals surface area (Å²) in [5, 5.41) is 0. The Labute approximate surface area is 87.0 Å². The highest BCUT2D eigenvalue weighted by atomic mass is 79.9. The molecule has 0 saturated heterocycles. The Hall–Kier alpha value is -0.700. The lowest BCUT2D eigenvalue weighted by atomic mass is 10.2. The standard InChI is InChI=1S/C10H13BrO2/c1-4-13-9-6-7(2)5-8(11)10(9)12-3/h5-6H,4H2,1-3H3. The van der Waals surface area contributed by atoms with E-state index in [1.54, 1.807) is 7.11 Å². The third kappa shape index (κ3) is 2.37. The summed E-state index contributed by atoms with van der Waals surface area (Å²) in [5.74, 6) is 1.55. The molecule has 1 aromatic rings. The Morgan fingerprint density at radius 3 is 2.62 bits per heavy atom. The van der Waals surface area contributed by atoms with Crippen LogP contribution in [0.5, 0.6) is 11.5 Å². The van der Waals surface area contributed by atoms with Gasteiger partial charge in [-0.1, -0.05) is 0 Å². The molecule has 0 atom stereocenters. The van der Waals surface area contributed by atoms with Crippen molar-refractivity contribution in [3.05, 3.63) is 22.2 Å². The minimum Gasteiger partial charge on any atom is -0.492 e. The van der Waals surface area contributed by atoms with Crippen molar-refractivity contribution >= 4 is 15.9 Å². The first-order valence-corrected chi connectivity index (χ1v) is 4.95. The van der Waals surface area contributed by atoms with Crippen molar-refractivity contribution in [1.29, 1.82) is 0 Å². The van der Waals surface area contributed by atoms with Gasteiger partial charge in [0.05, 0.1) is 18.2 Å². The maximum atomic E-state index is 5.43. The molecule has 0 amide bonds. The molecule has 0 saturated carbocycles. The Morgan fingerprint density at radius 2 is 2.08 bits per heavy atom. The fraction of sp³-hybridized carbons (Fsp3) is 0.400. The first kappa shape index (κ1) is 10.4. The van der Waals surface area contributed by atoms with Gasteiger partial charge in [0.1, 0.15) is 0 Å². The SMILES string of the molecule is CCOc1cc(C)cc(Br)c1OC. The third-order valence-electron chi connectivity index (χ3n) is 1.66. The highest BCUT2D eigenvalue weighted by molar-refractivity contribution is 9.10. The monoisotopic (exact) mass is 244 g/mol. The van der Waals surface area contributed by atoms with Crippen molar-refractivity contribution in [1.82, 2.24) is 0 Å². The lowest BCUT2D eigenvalue weighted by Crippen LogP contribution is -1.96. The normalized spacial score (nSPS) is 9.85. The zero-order valence-corrected chi connectivity index (χ0v) is 9.64. The number of halogens is 1. The van der Waals surface area contributed by atoms with E-state index in [-0.39, 0.29) is 0 Å². The molecule has 1 aromatic carbocycles. The first-order chi connectivity index (χ1) is 6.19. The van der Waals surface area contributed by atoms with Crippen molar-refractivity contribution < 1.29 is 9.47 Å². The van der Waals surface area contributed by atoms with Gasteiger partial charge in [-0.3, -0.25) is 0 Å². The minimum atomic E-state index is 0.645. The Kier molecular flexibility index (Phi) is 3.60. The minimum absolute atomic E-state index is 0.645. The van der Waals surface area contributed by atoms with Crippen molar-refractivity contribution in [3.8, 4) is 11.5 Å². The van der Waals surface area contributed by atoms with E-state index in [1.807, 2.05) is 26.0 Å². The van der Waals surface area contributed by atoms with Gasteiger partial charge in [0.2, 0.25) is 0 Å². The summed E-state index contributed by atoms with van der Waals surface area (Å²) in [6.45, 7) is 4.62. The number of rotatable bonds is 3. The molecule has 0 heterocycles. The van der Waals surface area contributed by atoms with E-state index in [0.717, 1.165) is 21.5 Å². The van der Waals surface area contributed by atoms with Crippen LogP contribution < -0.4 is 9.47 Å². The Balaban J connectivity index is 3.13. The molecule has 2 nitrogen and oxygen atoms in total. The predicted molar refractivity (Wildman–Crippen MR) is 56.6 cm³/mol. The van der Waals surface area contributed by atoms with Gasteiger partial charge >= 0.3 is 0 Å². The molecule has 13 heavy (non-hydrogen) atoms. The van der Waals surface area contributed by atoms with Crippen molar-refractivity contribution in [3.63, 3.8) is 0 Å². The summed E-state index contributed by atoms with van der Waals surface area (Å²) in [6, 6.07) is 3.97. The second kappa shape index (κ2) is 4.51. The van der Waals surface area contributed by atoms with E-state index in [1.165, 1.54) is 0 Å². The zero-order chi connectivity index (χ0) is 9.84. The maximum Gasteiger partial charge on any atom is 0.174 e. The second-order valence-electron chi connectivity index (χ2n) is 2.71. The van der Waals surface area contributed by atoms with Gasteiger partial charge in [0, 0.05) is 0 Å². The number of hydrogen-bond donors (Lipinski definition) is 0. The van der Waals surface area contributed by atoms with Crippen LogP contribution in [-0.4, -0.2) is 13.7 Å². The van der Waals surface area contributed by atoms with Crippen molar-refractivity contribution in [2.45, 2.75) is 13.8 Å². The molecule has 0 spiro atoms. The molecule has 0 bridgehead atoms. The van der Waals surface area contributed by atoms with Crippen LogP contribution in [0.2, 0.25) is 0 Å². The van der Waals surface area contributed by atoms with Gasteiger partial charge in [-0.15, -0.1) is 0 Å². The molecular weight excluding hydrogens is 232 g/mol. The molecule has 0 aliphatic heterocycles. The summed E-state index contributed by atoms with van der Waals surface area (Å²) >= 11 is 3.42. The van der Waals surface area contributed by atoms with Gasteiger partial charge in [-0.05, 0) is 47.5 Å². The largest absolute Gasteiger partial charge is 0.492 e. The number of ether oxygens (including phenoxy) is 2. The highest BCUT2D eigenvalue weighted by Crippen LogP contribution is 2.36. The number of benzene rings is 1. The van der Waals surface area contributed by atoms with Crippen LogP contribution in [0.4, 0.5) is 0 Å². The van der Waals surface area contributed by atoms with Crippen molar-refractivity contribution in [2.75, 3.05) is 13.7 Å². The fourth-order valence-corrected chi connectivity index (χ4v) is 1.88. The van der Waals surface area contributed by atoms with E-state index in [9.17, 15) is 0 Å². The molecule has 0 fully saturated rings. The average molecular weight is 245 g/mol. The molecule has 1 rings (SSSR count). The average Bonchev–Trinajstić information content (AvgIpc) is 2.04. The van der Waals surface area contributed by atoms with E-state index < -0.39 is 0 Å². The smallest absolute Gasteiger partial charge is 0.174 e. The molecular formula is C10H13BrO2. The number of aryl methyl sites for hydroxylation is 1. The highest BCUT2D eigenvalue weighted by Gasteiger charge is 2.08. The topological polar surface area (TPSA) is 18.5 Å². The third-order valence-corrected chi connectivity index (χ3v) is 2.25. The maximum absolute atomic E-state index is 5.43.